The van der Waals surface area contributed by atoms with Crippen LogP contribution in [0.2, 0.25) is 5.02 Å². The number of hydrogen-bond donors (Lipinski definition) is 1. The molecule has 106 valence electrons. The van der Waals surface area contributed by atoms with E-state index >= 15 is 0 Å². The molecule has 0 bridgehead atoms. The van der Waals surface area contributed by atoms with Crippen molar-refractivity contribution in [2.45, 2.75) is 51.6 Å². The van der Waals surface area contributed by atoms with Gasteiger partial charge in [0.2, 0.25) is 0 Å². The van der Waals surface area contributed by atoms with E-state index in [1.807, 2.05) is 25.1 Å². The van der Waals surface area contributed by atoms with E-state index in [-0.39, 0.29) is 0 Å². The third-order valence-corrected chi connectivity index (χ3v) is 5.50. The minimum Gasteiger partial charge on any atom is -0.385 e. The topological polar surface area (TPSA) is 20.2 Å². The standard InChI is InChI=1S/C16H22BrClO/c1-3-11-4-6-12(7-5-11)16(2,19)14-9-8-13(17)10-15(14)18/h8-12,19H,3-7H2,1-2H3. The third kappa shape index (κ3) is 3.34. The van der Waals surface area contributed by atoms with Crippen LogP contribution in [0.4, 0.5) is 0 Å². The summed E-state index contributed by atoms with van der Waals surface area (Å²) >= 11 is 9.71. The lowest BCUT2D eigenvalue weighted by atomic mass is 9.71. The van der Waals surface area contributed by atoms with Gasteiger partial charge >= 0.3 is 0 Å². The fourth-order valence-corrected chi connectivity index (χ4v) is 4.12. The van der Waals surface area contributed by atoms with Crippen LogP contribution in [0.5, 0.6) is 0 Å². The van der Waals surface area contributed by atoms with Gasteiger partial charge in [-0.2, -0.15) is 0 Å². The van der Waals surface area contributed by atoms with Gasteiger partial charge in [-0.25, -0.2) is 0 Å². The molecule has 1 aromatic rings. The molecular formula is C16H22BrClO. The summed E-state index contributed by atoms with van der Waals surface area (Å²) in [6.45, 7) is 4.17. The van der Waals surface area contributed by atoms with E-state index in [1.54, 1.807) is 0 Å². The van der Waals surface area contributed by atoms with E-state index in [0.29, 0.717) is 10.9 Å². The lowest BCUT2D eigenvalue weighted by molar-refractivity contribution is -0.0275. The Morgan fingerprint density at radius 1 is 1.32 bits per heavy atom. The zero-order valence-electron chi connectivity index (χ0n) is 11.6. The maximum Gasteiger partial charge on any atom is 0.0910 e. The van der Waals surface area contributed by atoms with Crippen LogP contribution < -0.4 is 0 Å². The first-order valence-corrected chi connectivity index (χ1v) is 8.30. The van der Waals surface area contributed by atoms with Crippen LogP contribution in [0.25, 0.3) is 0 Å². The molecule has 1 aromatic carbocycles. The van der Waals surface area contributed by atoms with Gasteiger partial charge in [0.05, 0.1) is 5.60 Å². The highest BCUT2D eigenvalue weighted by molar-refractivity contribution is 9.10. The average molecular weight is 346 g/mol. The Hall–Kier alpha value is -0.0500. The Morgan fingerprint density at radius 3 is 2.47 bits per heavy atom. The van der Waals surface area contributed by atoms with Crippen LogP contribution >= 0.6 is 27.5 Å². The molecule has 0 radical (unpaired) electrons. The van der Waals surface area contributed by atoms with E-state index in [4.69, 9.17) is 11.6 Å². The van der Waals surface area contributed by atoms with E-state index in [0.717, 1.165) is 28.8 Å². The molecule has 1 nitrogen and oxygen atoms in total. The van der Waals surface area contributed by atoms with E-state index < -0.39 is 5.60 Å². The second-order valence-corrected chi connectivity index (χ2v) is 7.22. The number of benzene rings is 1. The monoisotopic (exact) mass is 344 g/mol. The summed E-state index contributed by atoms with van der Waals surface area (Å²) in [5.74, 6) is 1.15. The Bertz CT molecular complexity index is 436. The highest BCUT2D eigenvalue weighted by Gasteiger charge is 2.37. The van der Waals surface area contributed by atoms with Gasteiger partial charge < -0.3 is 5.11 Å². The molecule has 0 aliphatic heterocycles. The van der Waals surface area contributed by atoms with E-state index in [1.165, 1.54) is 19.3 Å². The molecule has 1 saturated carbocycles. The molecule has 0 spiro atoms. The van der Waals surface area contributed by atoms with Gasteiger partial charge in [-0.15, -0.1) is 0 Å². The largest absolute Gasteiger partial charge is 0.385 e. The zero-order valence-corrected chi connectivity index (χ0v) is 14.0. The van der Waals surface area contributed by atoms with Crippen molar-refractivity contribution in [3.63, 3.8) is 0 Å². The normalized spacial score (nSPS) is 27.0. The first-order valence-electron chi connectivity index (χ1n) is 7.13. The molecule has 0 saturated heterocycles. The Labute approximate surface area is 129 Å². The number of rotatable bonds is 3. The van der Waals surface area contributed by atoms with Gasteiger partial charge in [-0.05, 0) is 43.7 Å². The van der Waals surface area contributed by atoms with Gasteiger partial charge in [0.1, 0.15) is 0 Å². The van der Waals surface area contributed by atoms with Crippen LogP contribution in [0.3, 0.4) is 0 Å². The highest BCUT2D eigenvalue weighted by atomic mass is 79.9. The summed E-state index contributed by atoms with van der Waals surface area (Å²) in [5.41, 5.74) is 0.0357. The molecule has 3 heteroatoms. The van der Waals surface area contributed by atoms with Crippen molar-refractivity contribution >= 4 is 27.5 Å². The Morgan fingerprint density at radius 2 is 1.95 bits per heavy atom. The summed E-state index contributed by atoms with van der Waals surface area (Å²) < 4.78 is 0.951. The summed E-state index contributed by atoms with van der Waals surface area (Å²) in [6, 6.07) is 5.76. The maximum absolute atomic E-state index is 10.9. The number of aliphatic hydroxyl groups is 1. The molecule has 1 atom stereocenters. The predicted octanol–water partition coefficient (Wildman–Crippen LogP) is 5.53. The van der Waals surface area contributed by atoms with Crippen molar-refractivity contribution in [1.29, 1.82) is 0 Å². The third-order valence-electron chi connectivity index (χ3n) is 4.70. The summed E-state index contributed by atoms with van der Waals surface area (Å²) in [6.07, 6.45) is 5.90. The Kier molecular flexibility index (Phi) is 4.97. The van der Waals surface area contributed by atoms with Gasteiger partial charge in [-0.1, -0.05) is 59.8 Å². The fraction of sp³-hybridized carbons (Fsp3) is 0.625. The molecule has 1 fully saturated rings. The van der Waals surface area contributed by atoms with Crippen LogP contribution in [0.1, 0.15) is 51.5 Å². The van der Waals surface area contributed by atoms with Crippen molar-refractivity contribution in [3.8, 4) is 0 Å². The first-order chi connectivity index (χ1) is 8.95. The smallest absolute Gasteiger partial charge is 0.0910 e. The zero-order chi connectivity index (χ0) is 14.0. The van der Waals surface area contributed by atoms with Crippen LogP contribution in [0, 0.1) is 11.8 Å². The lowest BCUT2D eigenvalue weighted by Gasteiger charge is -2.38. The van der Waals surface area contributed by atoms with Gasteiger partial charge in [0.15, 0.2) is 0 Å². The summed E-state index contributed by atoms with van der Waals surface area (Å²) in [7, 11) is 0. The van der Waals surface area contributed by atoms with Gasteiger partial charge in [0.25, 0.3) is 0 Å². The number of halogens is 2. The molecule has 19 heavy (non-hydrogen) atoms. The highest BCUT2D eigenvalue weighted by Crippen LogP contribution is 2.43. The van der Waals surface area contributed by atoms with Crippen molar-refractivity contribution in [2.75, 3.05) is 0 Å². The quantitative estimate of drug-likeness (QED) is 0.764. The first kappa shape index (κ1) is 15.3. The summed E-state index contributed by atoms with van der Waals surface area (Å²) in [4.78, 5) is 0. The SMILES string of the molecule is CCC1CCC(C(C)(O)c2ccc(Br)cc2Cl)CC1. The van der Waals surface area contributed by atoms with E-state index in [2.05, 4.69) is 22.9 Å². The molecule has 1 aliphatic carbocycles. The lowest BCUT2D eigenvalue weighted by Crippen LogP contribution is -2.35. The molecular weight excluding hydrogens is 324 g/mol. The minimum absolute atomic E-state index is 0.314. The maximum atomic E-state index is 10.9. The number of hydrogen-bond acceptors (Lipinski definition) is 1. The van der Waals surface area contributed by atoms with E-state index in [9.17, 15) is 5.11 Å². The van der Waals surface area contributed by atoms with Crippen molar-refractivity contribution < 1.29 is 5.11 Å². The molecule has 0 amide bonds. The molecule has 2 rings (SSSR count). The Balaban J connectivity index is 2.18. The molecule has 1 unspecified atom stereocenters. The average Bonchev–Trinajstić information content (AvgIpc) is 2.38. The predicted molar refractivity (Wildman–Crippen MR) is 84.5 cm³/mol. The molecule has 0 aromatic heterocycles. The van der Waals surface area contributed by atoms with Crippen LogP contribution in [-0.2, 0) is 5.60 Å². The fourth-order valence-electron chi connectivity index (χ4n) is 3.25. The van der Waals surface area contributed by atoms with Gasteiger partial charge in [-0.3, -0.25) is 0 Å². The van der Waals surface area contributed by atoms with Gasteiger partial charge in [0, 0.05) is 15.1 Å². The second-order valence-electron chi connectivity index (χ2n) is 5.90. The van der Waals surface area contributed by atoms with Crippen molar-refractivity contribution in [3.05, 3.63) is 33.3 Å². The van der Waals surface area contributed by atoms with Crippen molar-refractivity contribution in [2.24, 2.45) is 11.8 Å². The molecule has 1 N–H and O–H groups in total. The second kappa shape index (κ2) is 6.15. The molecule has 0 heterocycles. The minimum atomic E-state index is -0.823. The van der Waals surface area contributed by atoms with Crippen LogP contribution in [0.15, 0.2) is 22.7 Å². The van der Waals surface area contributed by atoms with Crippen LogP contribution in [-0.4, -0.2) is 5.11 Å². The molecule has 1 aliphatic rings. The summed E-state index contributed by atoms with van der Waals surface area (Å²) in [5, 5.41) is 11.6. The van der Waals surface area contributed by atoms with Crippen molar-refractivity contribution in [1.82, 2.24) is 0 Å².